The number of carbonyl (C=O) groups is 2. The van der Waals surface area contributed by atoms with Gasteiger partial charge in [0.05, 0.1) is 11.4 Å². The van der Waals surface area contributed by atoms with Crippen molar-refractivity contribution < 1.29 is 9.59 Å². The van der Waals surface area contributed by atoms with E-state index in [1.54, 1.807) is 24.0 Å². The number of anilines is 2. The number of carbonyl (C=O) groups excluding carboxylic acids is 2. The van der Waals surface area contributed by atoms with Crippen molar-refractivity contribution in [2.75, 3.05) is 16.8 Å². The maximum absolute atomic E-state index is 12.4. The number of fused-ring (bicyclic) bond motifs is 1. The number of amides is 2. The summed E-state index contributed by atoms with van der Waals surface area (Å²) >= 11 is 3.46. The van der Waals surface area contributed by atoms with Crippen LogP contribution in [0.25, 0.3) is 0 Å². The van der Waals surface area contributed by atoms with Crippen molar-refractivity contribution in [1.82, 2.24) is 0 Å². The molecule has 1 aliphatic heterocycles. The second-order valence-electron chi connectivity index (χ2n) is 5.20. The van der Waals surface area contributed by atoms with Gasteiger partial charge in [0.15, 0.2) is 0 Å². The average Bonchev–Trinajstić information content (AvgIpc) is 2.92. The fourth-order valence-electron chi connectivity index (χ4n) is 2.70. The lowest BCUT2D eigenvalue weighted by atomic mass is 10.1. The van der Waals surface area contributed by atoms with Crippen LogP contribution in [0.3, 0.4) is 0 Å². The van der Waals surface area contributed by atoms with Gasteiger partial charge >= 0.3 is 0 Å². The molecule has 1 N–H and O–H groups in total. The van der Waals surface area contributed by atoms with E-state index in [4.69, 9.17) is 0 Å². The van der Waals surface area contributed by atoms with E-state index >= 15 is 0 Å². The molecule has 0 bridgehead atoms. The van der Waals surface area contributed by atoms with E-state index in [0.29, 0.717) is 17.8 Å². The molecule has 2 aromatic carbocycles. The molecule has 22 heavy (non-hydrogen) atoms. The Kier molecular flexibility index (Phi) is 3.98. The SMILES string of the molecule is CC(=O)N1CCc2cc(Br)cc(NC(=O)c3ccccc3)c21. The fourth-order valence-corrected chi connectivity index (χ4v) is 3.21. The molecule has 112 valence electrons. The summed E-state index contributed by atoms with van der Waals surface area (Å²) < 4.78 is 0.889. The summed E-state index contributed by atoms with van der Waals surface area (Å²) in [6.45, 7) is 2.19. The lowest BCUT2D eigenvalue weighted by Crippen LogP contribution is -2.27. The molecular weight excluding hydrogens is 344 g/mol. The first-order valence-electron chi connectivity index (χ1n) is 7.03. The first-order valence-corrected chi connectivity index (χ1v) is 7.82. The highest BCUT2D eigenvalue weighted by Crippen LogP contribution is 2.38. The number of nitrogens with one attached hydrogen (secondary N) is 1. The highest BCUT2D eigenvalue weighted by atomic mass is 79.9. The molecule has 0 aromatic heterocycles. The number of halogens is 1. The van der Waals surface area contributed by atoms with Gasteiger partial charge in [-0.3, -0.25) is 9.59 Å². The summed E-state index contributed by atoms with van der Waals surface area (Å²) in [5.74, 6) is -0.201. The summed E-state index contributed by atoms with van der Waals surface area (Å²) in [6, 6.07) is 12.9. The summed E-state index contributed by atoms with van der Waals surface area (Å²) in [6.07, 6.45) is 0.794. The van der Waals surface area contributed by atoms with Gasteiger partial charge in [0.25, 0.3) is 5.91 Å². The smallest absolute Gasteiger partial charge is 0.255 e. The van der Waals surface area contributed by atoms with E-state index in [0.717, 1.165) is 22.1 Å². The minimum absolute atomic E-state index is 0.0173. The standard InChI is InChI=1S/C17H15BrN2O2/c1-11(21)20-8-7-13-9-14(18)10-15(16(13)20)19-17(22)12-5-3-2-4-6-12/h2-6,9-10H,7-8H2,1H3,(H,19,22). The third-order valence-electron chi connectivity index (χ3n) is 3.69. The average molecular weight is 359 g/mol. The van der Waals surface area contributed by atoms with Gasteiger partial charge in [-0.15, -0.1) is 0 Å². The summed E-state index contributed by atoms with van der Waals surface area (Å²) in [5.41, 5.74) is 3.11. The Balaban J connectivity index is 1.98. The summed E-state index contributed by atoms with van der Waals surface area (Å²) in [4.78, 5) is 25.9. The summed E-state index contributed by atoms with van der Waals surface area (Å²) in [5, 5.41) is 2.92. The molecule has 0 atom stereocenters. The number of benzene rings is 2. The lowest BCUT2D eigenvalue weighted by molar-refractivity contribution is -0.116. The van der Waals surface area contributed by atoms with Crippen LogP contribution in [0.4, 0.5) is 11.4 Å². The van der Waals surface area contributed by atoms with E-state index < -0.39 is 0 Å². The predicted molar refractivity (Wildman–Crippen MR) is 90.3 cm³/mol. The van der Waals surface area contributed by atoms with Gasteiger partial charge in [-0.1, -0.05) is 34.1 Å². The molecule has 0 saturated heterocycles. The van der Waals surface area contributed by atoms with Gasteiger partial charge in [-0.2, -0.15) is 0 Å². The van der Waals surface area contributed by atoms with Gasteiger partial charge in [0.2, 0.25) is 5.91 Å². The molecule has 0 saturated carbocycles. The van der Waals surface area contributed by atoms with Crippen LogP contribution >= 0.6 is 15.9 Å². The zero-order chi connectivity index (χ0) is 15.7. The molecular formula is C17H15BrN2O2. The number of rotatable bonds is 2. The highest BCUT2D eigenvalue weighted by molar-refractivity contribution is 9.10. The van der Waals surface area contributed by atoms with Crippen molar-refractivity contribution in [2.24, 2.45) is 0 Å². The van der Waals surface area contributed by atoms with Crippen LogP contribution in [-0.2, 0) is 11.2 Å². The van der Waals surface area contributed by atoms with E-state index in [1.165, 1.54) is 0 Å². The quantitative estimate of drug-likeness (QED) is 0.891. The van der Waals surface area contributed by atoms with Crippen molar-refractivity contribution in [1.29, 1.82) is 0 Å². The first-order chi connectivity index (χ1) is 10.6. The largest absolute Gasteiger partial charge is 0.320 e. The fraction of sp³-hybridized carbons (Fsp3) is 0.176. The normalized spacial score (nSPS) is 12.9. The number of nitrogens with zero attached hydrogens (tertiary/aromatic N) is 1. The lowest BCUT2D eigenvalue weighted by Gasteiger charge is -2.19. The third kappa shape index (κ3) is 2.76. The van der Waals surface area contributed by atoms with Gasteiger partial charge in [-0.25, -0.2) is 0 Å². The second-order valence-corrected chi connectivity index (χ2v) is 6.12. The Hall–Kier alpha value is -2.14. The van der Waals surface area contributed by atoms with Crippen molar-refractivity contribution in [3.8, 4) is 0 Å². The Morgan fingerprint density at radius 3 is 2.59 bits per heavy atom. The number of hydrogen-bond donors (Lipinski definition) is 1. The first kappa shape index (κ1) is 14.8. The Morgan fingerprint density at radius 1 is 1.18 bits per heavy atom. The van der Waals surface area contributed by atoms with Crippen molar-refractivity contribution >= 4 is 39.1 Å². The molecule has 0 unspecified atom stereocenters. The highest BCUT2D eigenvalue weighted by Gasteiger charge is 2.26. The van der Waals surface area contributed by atoms with Crippen LogP contribution in [0.5, 0.6) is 0 Å². The molecule has 0 radical (unpaired) electrons. The Labute approximate surface area is 137 Å². The maximum Gasteiger partial charge on any atom is 0.255 e. The van der Waals surface area contributed by atoms with Crippen LogP contribution in [0.15, 0.2) is 46.9 Å². The van der Waals surface area contributed by atoms with Gasteiger partial charge in [0.1, 0.15) is 0 Å². The second kappa shape index (κ2) is 5.93. The third-order valence-corrected chi connectivity index (χ3v) is 4.15. The van der Waals surface area contributed by atoms with E-state index in [9.17, 15) is 9.59 Å². The molecule has 3 rings (SSSR count). The zero-order valence-electron chi connectivity index (χ0n) is 12.1. The molecule has 2 aromatic rings. The molecule has 1 heterocycles. The van der Waals surface area contributed by atoms with Gasteiger partial charge in [-0.05, 0) is 36.2 Å². The van der Waals surface area contributed by atoms with Gasteiger partial charge in [0, 0.05) is 23.5 Å². The van der Waals surface area contributed by atoms with E-state index in [1.807, 2.05) is 30.3 Å². The summed E-state index contributed by atoms with van der Waals surface area (Å²) in [7, 11) is 0. The zero-order valence-corrected chi connectivity index (χ0v) is 13.7. The minimum atomic E-state index is -0.184. The Morgan fingerprint density at radius 2 is 1.91 bits per heavy atom. The van der Waals surface area contributed by atoms with Crippen LogP contribution in [0.2, 0.25) is 0 Å². The van der Waals surface area contributed by atoms with Crippen LogP contribution < -0.4 is 10.2 Å². The molecule has 4 nitrogen and oxygen atoms in total. The monoisotopic (exact) mass is 358 g/mol. The van der Waals surface area contributed by atoms with E-state index in [-0.39, 0.29) is 11.8 Å². The van der Waals surface area contributed by atoms with Gasteiger partial charge < -0.3 is 10.2 Å². The molecule has 2 amide bonds. The van der Waals surface area contributed by atoms with Crippen molar-refractivity contribution in [3.05, 3.63) is 58.1 Å². The van der Waals surface area contributed by atoms with E-state index in [2.05, 4.69) is 21.2 Å². The molecule has 0 fully saturated rings. The van der Waals surface area contributed by atoms with Crippen molar-refractivity contribution in [2.45, 2.75) is 13.3 Å². The molecule has 0 spiro atoms. The topological polar surface area (TPSA) is 49.4 Å². The molecule has 0 aliphatic carbocycles. The Bertz CT molecular complexity index is 744. The van der Waals surface area contributed by atoms with Crippen LogP contribution in [-0.4, -0.2) is 18.4 Å². The van der Waals surface area contributed by atoms with Crippen molar-refractivity contribution in [3.63, 3.8) is 0 Å². The van der Waals surface area contributed by atoms with Crippen LogP contribution in [0.1, 0.15) is 22.8 Å². The predicted octanol–water partition coefficient (Wildman–Crippen LogP) is 3.61. The van der Waals surface area contributed by atoms with Crippen LogP contribution in [0, 0.1) is 0 Å². The maximum atomic E-state index is 12.4. The number of hydrogen-bond acceptors (Lipinski definition) is 2. The molecule has 1 aliphatic rings. The molecule has 5 heteroatoms. The minimum Gasteiger partial charge on any atom is -0.320 e.